The third-order valence-corrected chi connectivity index (χ3v) is 4.88. The number of rotatable bonds is 6. The van der Waals surface area contributed by atoms with Gasteiger partial charge in [-0.05, 0) is 59.5 Å². The summed E-state index contributed by atoms with van der Waals surface area (Å²) < 4.78 is 4.91. The van der Waals surface area contributed by atoms with Crippen molar-refractivity contribution in [2.24, 2.45) is 0 Å². The van der Waals surface area contributed by atoms with Gasteiger partial charge < -0.3 is 4.74 Å². The molecule has 0 heterocycles. The molecule has 0 amide bonds. The monoisotopic (exact) mass is 410 g/mol. The lowest BCUT2D eigenvalue weighted by molar-refractivity contribution is -0.137. The van der Waals surface area contributed by atoms with Gasteiger partial charge in [-0.15, -0.1) is 0 Å². The fourth-order valence-corrected chi connectivity index (χ4v) is 3.29. The van der Waals surface area contributed by atoms with Gasteiger partial charge in [-0.1, -0.05) is 71.7 Å². The highest BCUT2D eigenvalue weighted by molar-refractivity contribution is 6.30. The molecule has 0 saturated carbocycles. The molecule has 0 unspecified atom stereocenters. The van der Waals surface area contributed by atoms with Gasteiger partial charge in [0.2, 0.25) is 0 Å². The maximum Gasteiger partial charge on any atom is 0.330 e. The summed E-state index contributed by atoms with van der Waals surface area (Å²) >= 11 is 12.1. The van der Waals surface area contributed by atoms with Crippen LogP contribution in [0.5, 0.6) is 0 Å². The number of carbonyl (C=O) groups excluding carboxylic acids is 1. The van der Waals surface area contributed by atoms with Gasteiger partial charge in [0.05, 0.1) is 6.61 Å². The molecule has 0 aliphatic rings. The van der Waals surface area contributed by atoms with Crippen molar-refractivity contribution >= 4 is 35.2 Å². The summed E-state index contributed by atoms with van der Waals surface area (Å²) in [4.78, 5) is 11.5. The van der Waals surface area contributed by atoms with Crippen molar-refractivity contribution in [3.63, 3.8) is 0 Å². The van der Waals surface area contributed by atoms with Crippen molar-refractivity contribution in [3.05, 3.63) is 111 Å². The van der Waals surface area contributed by atoms with Gasteiger partial charge in [0.15, 0.2) is 0 Å². The van der Waals surface area contributed by atoms with Gasteiger partial charge >= 0.3 is 5.97 Å². The number of benzene rings is 3. The third-order valence-electron chi connectivity index (χ3n) is 4.37. The van der Waals surface area contributed by atoms with E-state index in [0.717, 1.165) is 22.3 Å². The standard InChI is InChI=1S/C24H20Cl2O2/c1-2-28-23(27)16-5-17-3-6-18(7-4-17)24(19-8-12-21(25)13-9-19)20-10-14-22(26)15-11-20/h3-16,24H,2H2,1H3. The quantitative estimate of drug-likeness (QED) is 0.255. The Labute approximate surface area is 175 Å². The summed E-state index contributed by atoms with van der Waals surface area (Å²) in [5, 5.41) is 1.41. The first kappa shape index (κ1) is 20.2. The molecule has 0 aromatic heterocycles. The first-order chi connectivity index (χ1) is 13.6. The summed E-state index contributed by atoms with van der Waals surface area (Å²) in [7, 11) is 0. The second-order valence-corrected chi connectivity index (χ2v) is 7.16. The average Bonchev–Trinajstić information content (AvgIpc) is 2.71. The van der Waals surface area contributed by atoms with Crippen LogP contribution in [0.1, 0.15) is 35.1 Å². The number of halogens is 2. The van der Waals surface area contributed by atoms with Gasteiger partial charge in [-0.2, -0.15) is 0 Å². The molecule has 0 saturated heterocycles. The van der Waals surface area contributed by atoms with Crippen LogP contribution in [0.25, 0.3) is 6.08 Å². The summed E-state index contributed by atoms with van der Waals surface area (Å²) in [6.45, 7) is 2.15. The molecule has 3 rings (SSSR count). The van der Waals surface area contributed by atoms with Crippen molar-refractivity contribution in [2.45, 2.75) is 12.8 Å². The fraction of sp³-hybridized carbons (Fsp3) is 0.125. The van der Waals surface area contributed by atoms with Crippen molar-refractivity contribution < 1.29 is 9.53 Å². The molecule has 3 aromatic carbocycles. The van der Waals surface area contributed by atoms with Gasteiger partial charge in [0.25, 0.3) is 0 Å². The highest BCUT2D eigenvalue weighted by Crippen LogP contribution is 2.33. The Morgan fingerprint density at radius 3 is 1.68 bits per heavy atom. The van der Waals surface area contributed by atoms with Gasteiger partial charge in [-0.3, -0.25) is 0 Å². The zero-order chi connectivity index (χ0) is 19.9. The van der Waals surface area contributed by atoms with Crippen molar-refractivity contribution in [1.82, 2.24) is 0 Å². The summed E-state index contributed by atoms with van der Waals surface area (Å²) in [5.41, 5.74) is 4.35. The SMILES string of the molecule is CCOC(=O)C=Cc1ccc(C(c2ccc(Cl)cc2)c2ccc(Cl)cc2)cc1. The van der Waals surface area contributed by atoms with Crippen LogP contribution in [-0.4, -0.2) is 12.6 Å². The molecule has 3 aromatic rings. The molecule has 0 fully saturated rings. The van der Waals surface area contributed by atoms with E-state index in [1.165, 1.54) is 6.08 Å². The molecular formula is C24H20Cl2O2. The molecule has 0 aliphatic carbocycles. The van der Waals surface area contributed by atoms with E-state index in [1.807, 2.05) is 60.7 Å². The third kappa shape index (κ3) is 5.25. The van der Waals surface area contributed by atoms with Crippen LogP contribution in [-0.2, 0) is 9.53 Å². The number of hydrogen-bond acceptors (Lipinski definition) is 2. The van der Waals surface area contributed by atoms with Crippen LogP contribution in [0.3, 0.4) is 0 Å². The molecule has 142 valence electrons. The van der Waals surface area contributed by atoms with Crippen molar-refractivity contribution in [3.8, 4) is 0 Å². The average molecular weight is 411 g/mol. The van der Waals surface area contributed by atoms with Crippen LogP contribution < -0.4 is 0 Å². The maximum absolute atomic E-state index is 11.5. The van der Waals surface area contributed by atoms with Crippen LogP contribution >= 0.6 is 23.2 Å². The van der Waals surface area contributed by atoms with E-state index in [2.05, 4.69) is 12.1 Å². The minimum atomic E-state index is -0.341. The Bertz CT molecular complexity index is 898. The van der Waals surface area contributed by atoms with E-state index >= 15 is 0 Å². The summed E-state index contributed by atoms with van der Waals surface area (Å²) in [6.07, 6.45) is 3.19. The number of hydrogen-bond donors (Lipinski definition) is 0. The van der Waals surface area contributed by atoms with Crippen molar-refractivity contribution in [1.29, 1.82) is 0 Å². The van der Waals surface area contributed by atoms with Crippen LogP contribution in [0.2, 0.25) is 10.0 Å². The number of esters is 1. The Morgan fingerprint density at radius 2 is 1.25 bits per heavy atom. The second kappa shape index (κ2) is 9.59. The lowest BCUT2D eigenvalue weighted by Crippen LogP contribution is -2.03. The number of carbonyl (C=O) groups is 1. The minimum absolute atomic E-state index is 0.0534. The summed E-state index contributed by atoms with van der Waals surface area (Å²) in [5.74, 6) is -0.288. The lowest BCUT2D eigenvalue weighted by Gasteiger charge is -2.19. The second-order valence-electron chi connectivity index (χ2n) is 6.29. The predicted octanol–water partition coefficient (Wildman–Crippen LogP) is 6.75. The molecule has 0 spiro atoms. The Kier molecular flexibility index (Phi) is 6.91. The Morgan fingerprint density at radius 1 is 0.821 bits per heavy atom. The van der Waals surface area contributed by atoms with E-state index in [-0.39, 0.29) is 11.9 Å². The number of ether oxygens (including phenoxy) is 1. The van der Waals surface area contributed by atoms with E-state index in [9.17, 15) is 4.79 Å². The molecule has 0 atom stereocenters. The van der Waals surface area contributed by atoms with Crippen LogP contribution in [0.15, 0.2) is 78.9 Å². The van der Waals surface area contributed by atoms with Crippen LogP contribution in [0, 0.1) is 0 Å². The highest BCUT2D eigenvalue weighted by atomic mass is 35.5. The van der Waals surface area contributed by atoms with E-state index < -0.39 is 0 Å². The predicted molar refractivity (Wildman–Crippen MR) is 116 cm³/mol. The molecule has 0 N–H and O–H groups in total. The highest BCUT2D eigenvalue weighted by Gasteiger charge is 2.16. The Hall–Kier alpha value is -2.55. The van der Waals surface area contributed by atoms with Gasteiger partial charge in [0, 0.05) is 22.0 Å². The van der Waals surface area contributed by atoms with Crippen LogP contribution in [0.4, 0.5) is 0 Å². The van der Waals surface area contributed by atoms with Crippen molar-refractivity contribution in [2.75, 3.05) is 6.61 Å². The van der Waals surface area contributed by atoms with Gasteiger partial charge in [-0.25, -0.2) is 4.79 Å². The first-order valence-electron chi connectivity index (χ1n) is 9.02. The van der Waals surface area contributed by atoms with E-state index in [4.69, 9.17) is 27.9 Å². The molecular weight excluding hydrogens is 391 g/mol. The topological polar surface area (TPSA) is 26.3 Å². The van der Waals surface area contributed by atoms with E-state index in [0.29, 0.717) is 16.7 Å². The minimum Gasteiger partial charge on any atom is -0.463 e. The normalized spacial score (nSPS) is 11.1. The zero-order valence-corrected chi connectivity index (χ0v) is 17.0. The largest absolute Gasteiger partial charge is 0.463 e. The molecule has 0 aliphatic heterocycles. The summed E-state index contributed by atoms with van der Waals surface area (Å²) in [6, 6.07) is 23.9. The van der Waals surface area contributed by atoms with E-state index in [1.54, 1.807) is 13.0 Å². The fourth-order valence-electron chi connectivity index (χ4n) is 3.04. The molecule has 0 bridgehead atoms. The molecule has 2 nitrogen and oxygen atoms in total. The first-order valence-corrected chi connectivity index (χ1v) is 9.78. The van der Waals surface area contributed by atoms with Gasteiger partial charge in [0.1, 0.15) is 0 Å². The molecule has 4 heteroatoms. The lowest BCUT2D eigenvalue weighted by atomic mass is 9.85. The smallest absolute Gasteiger partial charge is 0.330 e. The zero-order valence-electron chi connectivity index (χ0n) is 15.4. The Balaban J connectivity index is 1.93. The molecule has 0 radical (unpaired) electrons. The molecule has 28 heavy (non-hydrogen) atoms. The maximum atomic E-state index is 11.5.